The van der Waals surface area contributed by atoms with Crippen LogP contribution in [0.3, 0.4) is 0 Å². The number of nitrogens with zero attached hydrogens (tertiary/aromatic N) is 2. The van der Waals surface area contributed by atoms with Crippen molar-refractivity contribution in [2.24, 2.45) is 0 Å². The molecule has 5 heteroatoms. The van der Waals surface area contributed by atoms with E-state index in [9.17, 15) is 9.59 Å². The molecule has 5 nitrogen and oxygen atoms in total. The molecule has 18 heavy (non-hydrogen) atoms. The van der Waals surface area contributed by atoms with Crippen molar-refractivity contribution in [2.75, 3.05) is 39.3 Å². The molecule has 1 aliphatic heterocycles. The average molecular weight is 253 g/mol. The van der Waals surface area contributed by atoms with Crippen molar-refractivity contribution in [1.29, 1.82) is 0 Å². The van der Waals surface area contributed by atoms with Gasteiger partial charge in [0.2, 0.25) is 0 Å². The first-order valence-electron chi connectivity index (χ1n) is 6.55. The fraction of sp³-hybridized carbons (Fsp3) is 0.692. The van der Waals surface area contributed by atoms with Crippen LogP contribution in [0.5, 0.6) is 0 Å². The maximum atomic E-state index is 11.9. The van der Waals surface area contributed by atoms with Gasteiger partial charge in [-0.1, -0.05) is 20.4 Å². The smallest absolute Gasteiger partial charge is 0.312 e. The third-order valence-electron chi connectivity index (χ3n) is 2.93. The summed E-state index contributed by atoms with van der Waals surface area (Å²) in [6.45, 7) is 11.9. The minimum absolute atomic E-state index is 0.376. The third kappa shape index (κ3) is 3.84. The summed E-state index contributed by atoms with van der Waals surface area (Å²) in [7, 11) is 0. The van der Waals surface area contributed by atoms with Gasteiger partial charge in [0.25, 0.3) is 0 Å². The first-order valence-corrected chi connectivity index (χ1v) is 6.55. The van der Waals surface area contributed by atoms with Crippen LogP contribution in [0.15, 0.2) is 12.2 Å². The number of likely N-dealkylation sites (N-methyl/N-ethyl adjacent to an activating group) is 1. The van der Waals surface area contributed by atoms with Gasteiger partial charge in [-0.15, -0.1) is 0 Å². The molecule has 1 fully saturated rings. The molecule has 0 radical (unpaired) electrons. The Kier molecular flexibility index (Phi) is 5.85. The third-order valence-corrected chi connectivity index (χ3v) is 2.93. The van der Waals surface area contributed by atoms with Crippen molar-refractivity contribution in [3.8, 4) is 0 Å². The number of carbonyl (C=O) groups excluding carboxylic acids is 2. The predicted octanol–water partition coefficient (Wildman–Crippen LogP) is 0.233. The Morgan fingerprint density at radius 3 is 2.44 bits per heavy atom. The van der Waals surface area contributed by atoms with Gasteiger partial charge in [-0.3, -0.25) is 9.59 Å². The topological polar surface area (TPSA) is 52.6 Å². The van der Waals surface area contributed by atoms with E-state index in [4.69, 9.17) is 0 Å². The van der Waals surface area contributed by atoms with E-state index < -0.39 is 5.91 Å². The minimum atomic E-state index is -0.396. The highest BCUT2D eigenvalue weighted by Gasteiger charge is 2.31. The van der Waals surface area contributed by atoms with Gasteiger partial charge in [-0.25, -0.2) is 0 Å². The average Bonchev–Trinajstić information content (AvgIpc) is 2.36. The Balaban J connectivity index is 2.48. The molecule has 0 atom stereocenters. The van der Waals surface area contributed by atoms with Gasteiger partial charge in [0, 0.05) is 32.7 Å². The van der Waals surface area contributed by atoms with E-state index in [0.717, 1.165) is 18.5 Å². The van der Waals surface area contributed by atoms with Crippen LogP contribution in [0.1, 0.15) is 20.3 Å². The largest absolute Gasteiger partial charge is 0.333 e. The Morgan fingerprint density at radius 1 is 1.22 bits per heavy atom. The first-order chi connectivity index (χ1) is 8.60. The summed E-state index contributed by atoms with van der Waals surface area (Å²) in [6.07, 6.45) is 0.881. The zero-order chi connectivity index (χ0) is 13.5. The van der Waals surface area contributed by atoms with E-state index in [2.05, 4.69) is 11.9 Å². The number of hydrogen-bond donors (Lipinski definition) is 1. The number of carbonyl (C=O) groups is 2. The van der Waals surface area contributed by atoms with Crippen LogP contribution < -0.4 is 5.32 Å². The Morgan fingerprint density at radius 2 is 1.83 bits per heavy atom. The zero-order valence-electron chi connectivity index (χ0n) is 11.4. The lowest BCUT2D eigenvalue weighted by Crippen LogP contribution is -2.54. The molecular weight excluding hydrogens is 230 g/mol. The number of amides is 2. The van der Waals surface area contributed by atoms with Gasteiger partial charge in [0.1, 0.15) is 0 Å². The summed E-state index contributed by atoms with van der Waals surface area (Å²) in [5, 5.41) is 3.16. The SMILES string of the molecule is C=C(CNCC)CN1CCN(CCC)C(=O)C1=O. The summed E-state index contributed by atoms with van der Waals surface area (Å²) in [6, 6.07) is 0. The first kappa shape index (κ1) is 14.7. The van der Waals surface area contributed by atoms with Crippen LogP contribution in [0.25, 0.3) is 0 Å². The second-order valence-electron chi connectivity index (χ2n) is 4.55. The molecule has 1 N–H and O–H groups in total. The molecule has 102 valence electrons. The molecule has 2 amide bonds. The molecule has 0 spiro atoms. The van der Waals surface area contributed by atoms with Crippen molar-refractivity contribution in [1.82, 2.24) is 15.1 Å². The highest BCUT2D eigenvalue weighted by molar-refractivity contribution is 6.35. The van der Waals surface area contributed by atoms with Crippen molar-refractivity contribution in [2.45, 2.75) is 20.3 Å². The quantitative estimate of drug-likeness (QED) is 0.522. The van der Waals surface area contributed by atoms with Crippen LogP contribution in [0.2, 0.25) is 0 Å². The Labute approximate surface area is 109 Å². The summed E-state index contributed by atoms with van der Waals surface area (Å²) in [4.78, 5) is 26.9. The van der Waals surface area contributed by atoms with Crippen LogP contribution in [0.4, 0.5) is 0 Å². The molecule has 0 unspecified atom stereocenters. The van der Waals surface area contributed by atoms with E-state index >= 15 is 0 Å². The fourth-order valence-electron chi connectivity index (χ4n) is 1.98. The lowest BCUT2D eigenvalue weighted by atomic mass is 10.2. The maximum absolute atomic E-state index is 11.9. The molecule has 0 aromatic heterocycles. The van der Waals surface area contributed by atoms with Gasteiger partial charge >= 0.3 is 11.8 Å². The minimum Gasteiger partial charge on any atom is -0.333 e. The second-order valence-corrected chi connectivity index (χ2v) is 4.55. The van der Waals surface area contributed by atoms with E-state index in [1.807, 2.05) is 13.8 Å². The van der Waals surface area contributed by atoms with E-state index in [-0.39, 0.29) is 5.91 Å². The number of rotatable bonds is 7. The number of nitrogens with one attached hydrogen (secondary N) is 1. The maximum Gasteiger partial charge on any atom is 0.312 e. The van der Waals surface area contributed by atoms with E-state index in [1.54, 1.807) is 9.80 Å². The predicted molar refractivity (Wildman–Crippen MR) is 71.1 cm³/mol. The van der Waals surface area contributed by atoms with Crippen LogP contribution in [-0.2, 0) is 9.59 Å². The van der Waals surface area contributed by atoms with Gasteiger partial charge in [0.05, 0.1) is 0 Å². The van der Waals surface area contributed by atoms with Crippen molar-refractivity contribution in [3.63, 3.8) is 0 Å². The molecular formula is C13H23N3O2. The molecule has 0 bridgehead atoms. The standard InChI is InChI=1S/C13H23N3O2/c1-4-6-15-7-8-16(13(18)12(15)17)10-11(3)9-14-5-2/h14H,3-10H2,1-2H3. The van der Waals surface area contributed by atoms with Gasteiger partial charge in [-0.05, 0) is 18.5 Å². The lowest BCUT2D eigenvalue weighted by molar-refractivity contribution is -0.155. The summed E-state index contributed by atoms with van der Waals surface area (Å²) < 4.78 is 0. The molecule has 0 aliphatic carbocycles. The molecule has 1 saturated heterocycles. The molecule has 1 heterocycles. The van der Waals surface area contributed by atoms with Crippen LogP contribution in [0, 0.1) is 0 Å². The zero-order valence-corrected chi connectivity index (χ0v) is 11.4. The molecule has 1 rings (SSSR count). The van der Waals surface area contributed by atoms with Gasteiger partial charge in [-0.2, -0.15) is 0 Å². The highest BCUT2D eigenvalue weighted by Crippen LogP contribution is 2.07. The van der Waals surface area contributed by atoms with Crippen molar-refractivity contribution < 1.29 is 9.59 Å². The lowest BCUT2D eigenvalue weighted by Gasteiger charge is -2.34. The molecule has 1 aliphatic rings. The Bertz CT molecular complexity index is 328. The van der Waals surface area contributed by atoms with Crippen molar-refractivity contribution in [3.05, 3.63) is 12.2 Å². The number of hydrogen-bond acceptors (Lipinski definition) is 3. The van der Waals surface area contributed by atoms with E-state index in [1.165, 1.54) is 0 Å². The summed E-state index contributed by atoms with van der Waals surface area (Å²) in [5.41, 5.74) is 0.932. The molecule has 0 saturated carbocycles. The normalized spacial score (nSPS) is 16.3. The van der Waals surface area contributed by atoms with E-state index in [0.29, 0.717) is 32.7 Å². The highest BCUT2D eigenvalue weighted by atomic mass is 16.2. The second kappa shape index (κ2) is 7.16. The van der Waals surface area contributed by atoms with Gasteiger partial charge in [0.15, 0.2) is 0 Å². The summed E-state index contributed by atoms with van der Waals surface area (Å²) in [5.74, 6) is -0.772. The Hall–Kier alpha value is -1.36. The molecule has 0 aromatic carbocycles. The monoisotopic (exact) mass is 253 g/mol. The van der Waals surface area contributed by atoms with Crippen LogP contribution >= 0.6 is 0 Å². The molecule has 0 aromatic rings. The van der Waals surface area contributed by atoms with Crippen LogP contribution in [-0.4, -0.2) is 60.9 Å². The summed E-state index contributed by atoms with van der Waals surface area (Å²) >= 11 is 0. The van der Waals surface area contributed by atoms with Crippen molar-refractivity contribution >= 4 is 11.8 Å². The number of piperazine rings is 1. The van der Waals surface area contributed by atoms with Gasteiger partial charge < -0.3 is 15.1 Å². The fourth-order valence-corrected chi connectivity index (χ4v) is 1.98.